The molecule has 0 saturated heterocycles. The topological polar surface area (TPSA) is 60.2 Å². The van der Waals surface area contributed by atoms with E-state index in [1.54, 1.807) is 24.3 Å². The highest BCUT2D eigenvalue weighted by Crippen LogP contribution is 2.35. The third-order valence-corrected chi connectivity index (χ3v) is 4.16. The number of nitrogens with two attached hydrogens (primary N) is 1. The zero-order chi connectivity index (χ0) is 15.1. The second kappa shape index (κ2) is 4.85. The van der Waals surface area contributed by atoms with Gasteiger partial charge in [0.05, 0.1) is 0 Å². The summed E-state index contributed by atoms with van der Waals surface area (Å²) in [6, 6.07) is 8.86. The first-order valence-electron chi connectivity index (χ1n) is 7.22. The number of benzene rings is 2. The molecule has 2 aromatic rings. The van der Waals surface area contributed by atoms with Crippen molar-refractivity contribution >= 4 is 17.3 Å². The van der Waals surface area contributed by atoms with Gasteiger partial charge in [-0.3, -0.25) is 9.59 Å². The van der Waals surface area contributed by atoms with Crippen molar-refractivity contribution in [3.8, 4) is 0 Å². The minimum atomic E-state index is -0.0842. The van der Waals surface area contributed by atoms with E-state index in [0.29, 0.717) is 40.8 Å². The number of nitrogen functional groups attached to an aromatic ring is 1. The van der Waals surface area contributed by atoms with Crippen molar-refractivity contribution in [1.29, 1.82) is 0 Å². The van der Waals surface area contributed by atoms with Crippen LogP contribution in [0.25, 0.3) is 0 Å². The molecule has 21 heavy (non-hydrogen) atoms. The Balaban J connectivity index is 2.41. The number of rotatable bonds is 2. The molecule has 0 unspecified atom stereocenters. The van der Waals surface area contributed by atoms with Crippen LogP contribution in [0.1, 0.15) is 56.8 Å². The highest BCUT2D eigenvalue weighted by molar-refractivity contribution is 6.29. The van der Waals surface area contributed by atoms with Gasteiger partial charge in [0.1, 0.15) is 0 Å². The minimum absolute atomic E-state index is 0.0632. The van der Waals surface area contributed by atoms with Crippen molar-refractivity contribution in [2.45, 2.75) is 26.7 Å². The Morgan fingerprint density at radius 1 is 0.905 bits per heavy atom. The molecule has 3 nitrogen and oxygen atoms in total. The average molecular weight is 279 g/mol. The lowest BCUT2D eigenvalue weighted by molar-refractivity contribution is 0.0977. The molecule has 0 radical (unpaired) electrons. The summed E-state index contributed by atoms with van der Waals surface area (Å²) in [5, 5.41) is 0. The molecule has 0 bridgehead atoms. The van der Waals surface area contributed by atoms with E-state index in [-0.39, 0.29) is 11.6 Å². The molecule has 0 aliphatic heterocycles. The maximum Gasteiger partial charge on any atom is 0.194 e. The predicted molar refractivity (Wildman–Crippen MR) is 82.9 cm³/mol. The first kappa shape index (κ1) is 13.6. The van der Waals surface area contributed by atoms with Crippen molar-refractivity contribution in [3.05, 3.63) is 63.7 Å². The van der Waals surface area contributed by atoms with E-state index < -0.39 is 0 Å². The van der Waals surface area contributed by atoms with Gasteiger partial charge in [0.25, 0.3) is 0 Å². The van der Waals surface area contributed by atoms with Crippen molar-refractivity contribution in [3.63, 3.8) is 0 Å². The lowest BCUT2D eigenvalue weighted by atomic mass is 9.78. The first-order chi connectivity index (χ1) is 10.1. The maximum absolute atomic E-state index is 12.8. The predicted octanol–water partition coefficient (Wildman–Crippen LogP) is 3.17. The number of hydrogen-bond donors (Lipinski definition) is 1. The lowest BCUT2D eigenvalue weighted by Crippen LogP contribution is -2.25. The summed E-state index contributed by atoms with van der Waals surface area (Å²) in [4.78, 5) is 25.7. The smallest absolute Gasteiger partial charge is 0.194 e. The number of hydrogen-bond acceptors (Lipinski definition) is 3. The Morgan fingerprint density at radius 3 is 2.00 bits per heavy atom. The van der Waals surface area contributed by atoms with Gasteiger partial charge < -0.3 is 5.73 Å². The summed E-state index contributed by atoms with van der Waals surface area (Å²) in [6.07, 6.45) is 1.32. The zero-order valence-corrected chi connectivity index (χ0v) is 12.2. The minimum Gasteiger partial charge on any atom is -0.398 e. The normalized spacial score (nSPS) is 13.0. The van der Waals surface area contributed by atoms with E-state index in [2.05, 4.69) is 0 Å². The van der Waals surface area contributed by atoms with Gasteiger partial charge in [-0.25, -0.2) is 0 Å². The molecule has 1 aliphatic rings. The van der Waals surface area contributed by atoms with Crippen LogP contribution in [-0.2, 0) is 12.8 Å². The van der Waals surface area contributed by atoms with Crippen molar-refractivity contribution in [2.75, 3.05) is 5.73 Å². The molecule has 2 aromatic carbocycles. The average Bonchev–Trinajstić information content (AvgIpc) is 2.51. The van der Waals surface area contributed by atoms with E-state index in [1.807, 2.05) is 19.9 Å². The number of carbonyl (C=O) groups excluding carboxylic acids is 2. The quantitative estimate of drug-likeness (QED) is 0.733. The van der Waals surface area contributed by atoms with Gasteiger partial charge in [0, 0.05) is 27.9 Å². The third-order valence-electron chi connectivity index (χ3n) is 4.16. The molecule has 2 N–H and O–H groups in total. The second-order valence-electron chi connectivity index (χ2n) is 5.26. The van der Waals surface area contributed by atoms with E-state index in [1.165, 1.54) is 0 Å². The fourth-order valence-corrected chi connectivity index (χ4v) is 3.12. The third kappa shape index (κ3) is 1.81. The Kier molecular flexibility index (Phi) is 3.13. The summed E-state index contributed by atoms with van der Waals surface area (Å²) >= 11 is 0. The van der Waals surface area contributed by atoms with Gasteiger partial charge in [-0.05, 0) is 30.0 Å². The largest absolute Gasteiger partial charge is 0.398 e. The van der Waals surface area contributed by atoms with Crippen LogP contribution < -0.4 is 5.73 Å². The summed E-state index contributed by atoms with van der Waals surface area (Å²) in [5.74, 6) is -0.147. The Morgan fingerprint density at radius 2 is 1.48 bits per heavy atom. The maximum atomic E-state index is 12.8. The number of carbonyl (C=O) groups is 2. The molecule has 0 saturated carbocycles. The summed E-state index contributed by atoms with van der Waals surface area (Å²) in [6.45, 7) is 3.93. The number of ketones is 2. The molecule has 0 aromatic heterocycles. The Labute approximate surface area is 123 Å². The number of anilines is 1. The standard InChI is InChI=1S/C18H17NO2/c1-3-10-9-14(19)11(4-2)16-15(10)17(20)12-7-5-6-8-13(12)18(16)21/h5-9H,3-4,19H2,1-2H3. The molecule has 0 atom stereocenters. The van der Waals surface area contributed by atoms with Crippen LogP contribution in [0.15, 0.2) is 30.3 Å². The van der Waals surface area contributed by atoms with Crippen LogP contribution in [0.3, 0.4) is 0 Å². The monoisotopic (exact) mass is 279 g/mol. The Hall–Kier alpha value is -2.42. The van der Waals surface area contributed by atoms with Crippen LogP contribution in [-0.4, -0.2) is 11.6 Å². The summed E-state index contributed by atoms with van der Waals surface area (Å²) < 4.78 is 0. The van der Waals surface area contributed by atoms with Gasteiger partial charge in [-0.1, -0.05) is 38.1 Å². The molecular weight excluding hydrogens is 262 g/mol. The second-order valence-corrected chi connectivity index (χ2v) is 5.26. The van der Waals surface area contributed by atoms with Crippen LogP contribution in [0.5, 0.6) is 0 Å². The fraction of sp³-hybridized carbons (Fsp3) is 0.222. The van der Waals surface area contributed by atoms with E-state index in [9.17, 15) is 9.59 Å². The molecule has 3 heteroatoms. The number of fused-ring (bicyclic) bond motifs is 2. The molecular formula is C18H17NO2. The molecule has 0 spiro atoms. The summed E-state index contributed by atoms with van der Waals surface area (Å²) in [5.41, 5.74) is 10.4. The van der Waals surface area contributed by atoms with E-state index in [4.69, 9.17) is 5.73 Å². The van der Waals surface area contributed by atoms with Crippen molar-refractivity contribution in [2.24, 2.45) is 0 Å². The van der Waals surface area contributed by atoms with Crippen LogP contribution >= 0.6 is 0 Å². The van der Waals surface area contributed by atoms with E-state index >= 15 is 0 Å². The molecule has 1 aliphatic carbocycles. The van der Waals surface area contributed by atoms with Crippen molar-refractivity contribution < 1.29 is 9.59 Å². The van der Waals surface area contributed by atoms with Crippen LogP contribution in [0.4, 0.5) is 5.69 Å². The highest BCUT2D eigenvalue weighted by atomic mass is 16.1. The van der Waals surface area contributed by atoms with Gasteiger partial charge in [0.2, 0.25) is 0 Å². The van der Waals surface area contributed by atoms with Crippen molar-refractivity contribution in [1.82, 2.24) is 0 Å². The van der Waals surface area contributed by atoms with Gasteiger partial charge in [-0.15, -0.1) is 0 Å². The van der Waals surface area contributed by atoms with Gasteiger partial charge in [0.15, 0.2) is 11.6 Å². The molecule has 0 heterocycles. The van der Waals surface area contributed by atoms with Gasteiger partial charge in [-0.2, -0.15) is 0 Å². The molecule has 0 amide bonds. The van der Waals surface area contributed by atoms with Gasteiger partial charge >= 0.3 is 0 Å². The molecule has 3 rings (SSSR count). The lowest BCUT2D eigenvalue weighted by Gasteiger charge is -2.23. The molecule has 106 valence electrons. The van der Waals surface area contributed by atoms with Crippen LogP contribution in [0.2, 0.25) is 0 Å². The Bertz CT molecular complexity index is 775. The molecule has 0 fully saturated rings. The highest BCUT2D eigenvalue weighted by Gasteiger charge is 2.33. The number of aryl methyl sites for hydroxylation is 1. The van der Waals surface area contributed by atoms with Crippen LogP contribution in [0, 0.1) is 0 Å². The summed E-state index contributed by atoms with van der Waals surface area (Å²) in [7, 11) is 0. The first-order valence-corrected chi connectivity index (χ1v) is 7.22. The SMILES string of the molecule is CCc1cc(N)c(CC)c2c1C(=O)c1ccccc1C2=O. The van der Waals surface area contributed by atoms with E-state index in [0.717, 1.165) is 11.1 Å². The zero-order valence-electron chi connectivity index (χ0n) is 12.2. The fourth-order valence-electron chi connectivity index (χ4n) is 3.12.